The van der Waals surface area contributed by atoms with Gasteiger partial charge in [0.25, 0.3) is 0 Å². The predicted octanol–water partition coefficient (Wildman–Crippen LogP) is 4.66. The van der Waals surface area contributed by atoms with Crippen molar-refractivity contribution in [3.63, 3.8) is 0 Å². The van der Waals surface area contributed by atoms with E-state index in [-0.39, 0.29) is 17.3 Å². The van der Waals surface area contributed by atoms with E-state index >= 15 is 0 Å². The monoisotopic (exact) mass is 366 g/mol. The van der Waals surface area contributed by atoms with Gasteiger partial charge in [0.05, 0.1) is 5.92 Å². The fourth-order valence-corrected chi connectivity index (χ4v) is 4.75. The first-order valence-electron chi connectivity index (χ1n) is 9.41. The molecule has 1 saturated carbocycles. The highest BCUT2D eigenvalue weighted by molar-refractivity contribution is 6.35. The van der Waals surface area contributed by atoms with Crippen LogP contribution >= 0.6 is 0 Å². The van der Waals surface area contributed by atoms with Gasteiger partial charge in [-0.2, -0.15) is 0 Å². The van der Waals surface area contributed by atoms with Crippen LogP contribution in [0.1, 0.15) is 48.1 Å². The highest BCUT2D eigenvalue weighted by Crippen LogP contribution is 2.70. The van der Waals surface area contributed by atoms with Gasteiger partial charge in [0, 0.05) is 22.6 Å². The summed E-state index contributed by atoms with van der Waals surface area (Å²) in [6.45, 7) is 1.96. The number of fused-ring (bicyclic) bond motifs is 1. The van der Waals surface area contributed by atoms with Crippen LogP contribution in [0.3, 0.4) is 0 Å². The summed E-state index contributed by atoms with van der Waals surface area (Å²) < 4.78 is 0. The maximum atomic E-state index is 13.4. The zero-order chi connectivity index (χ0) is 19.5. The first-order chi connectivity index (χ1) is 13.6. The molecule has 2 aliphatic carbocycles. The fourth-order valence-electron chi connectivity index (χ4n) is 4.75. The summed E-state index contributed by atoms with van der Waals surface area (Å²) in [7, 11) is 0. The number of Topliss-reactive ketones (excluding diaryl/α,β-unsaturated/α-hetero) is 3. The van der Waals surface area contributed by atoms with Gasteiger partial charge in [-0.1, -0.05) is 84.4 Å². The molecule has 0 saturated heterocycles. The summed E-state index contributed by atoms with van der Waals surface area (Å²) in [6, 6.07) is 23.7. The molecule has 2 atom stereocenters. The van der Waals surface area contributed by atoms with Gasteiger partial charge in [-0.15, -0.1) is 0 Å². The van der Waals surface area contributed by atoms with E-state index in [4.69, 9.17) is 0 Å². The molecule has 0 unspecified atom stereocenters. The van der Waals surface area contributed by atoms with Crippen molar-refractivity contribution < 1.29 is 14.4 Å². The number of hydrogen-bond donors (Lipinski definition) is 0. The highest BCUT2D eigenvalue weighted by Gasteiger charge is 2.78. The Balaban J connectivity index is 1.65. The van der Waals surface area contributed by atoms with Crippen LogP contribution < -0.4 is 0 Å². The molecule has 0 aliphatic heterocycles. The molecule has 3 nitrogen and oxygen atoms in total. The van der Waals surface area contributed by atoms with Gasteiger partial charge in [0.2, 0.25) is 0 Å². The van der Waals surface area contributed by atoms with Crippen molar-refractivity contribution in [1.29, 1.82) is 0 Å². The average molecular weight is 366 g/mol. The zero-order valence-corrected chi connectivity index (χ0v) is 15.4. The molecule has 3 aromatic carbocycles. The lowest BCUT2D eigenvalue weighted by molar-refractivity contribution is 0.0764. The van der Waals surface area contributed by atoms with Crippen LogP contribution in [0.5, 0.6) is 0 Å². The zero-order valence-electron chi connectivity index (χ0n) is 15.4. The summed E-state index contributed by atoms with van der Waals surface area (Å²) >= 11 is 0. The molecule has 1 fully saturated rings. The minimum atomic E-state index is -1.30. The van der Waals surface area contributed by atoms with E-state index in [1.165, 1.54) is 0 Å². The molecule has 0 bridgehead atoms. The quantitative estimate of drug-likeness (QED) is 0.500. The van der Waals surface area contributed by atoms with Crippen molar-refractivity contribution >= 4 is 17.3 Å². The molecule has 3 heteroatoms. The van der Waals surface area contributed by atoms with Crippen molar-refractivity contribution in [3.05, 3.63) is 107 Å². The Morgan fingerprint density at radius 1 is 0.750 bits per heavy atom. The lowest BCUT2D eigenvalue weighted by Crippen LogP contribution is -2.23. The molecular weight excluding hydrogens is 348 g/mol. The van der Waals surface area contributed by atoms with Gasteiger partial charge in [0.1, 0.15) is 5.41 Å². The molecule has 1 spiro atoms. The molecule has 0 heterocycles. The van der Waals surface area contributed by atoms with E-state index in [9.17, 15) is 14.4 Å². The van der Waals surface area contributed by atoms with Gasteiger partial charge >= 0.3 is 0 Å². The van der Waals surface area contributed by atoms with Crippen molar-refractivity contribution in [2.75, 3.05) is 0 Å². The topological polar surface area (TPSA) is 51.2 Å². The molecule has 5 rings (SSSR count). The Labute approximate surface area is 163 Å². The van der Waals surface area contributed by atoms with E-state index in [2.05, 4.69) is 0 Å². The summed E-state index contributed by atoms with van der Waals surface area (Å²) in [5.74, 6) is -1.65. The molecule has 28 heavy (non-hydrogen) atoms. The first-order valence-corrected chi connectivity index (χ1v) is 9.41. The van der Waals surface area contributed by atoms with Crippen molar-refractivity contribution in [2.24, 2.45) is 11.3 Å². The van der Waals surface area contributed by atoms with Gasteiger partial charge in [0.15, 0.2) is 17.3 Å². The Morgan fingerprint density at radius 3 is 1.86 bits per heavy atom. The number of aryl methyl sites for hydroxylation is 1. The SMILES string of the molecule is Cc1ccc(C(=O)[C@H]2[C@@H](c3ccccc3)C23C(=O)c2ccccc2C3=O)cc1. The minimum Gasteiger partial charge on any atom is -0.294 e. The molecule has 136 valence electrons. The maximum Gasteiger partial charge on any atom is 0.178 e. The van der Waals surface area contributed by atoms with Gasteiger partial charge in [-0.05, 0) is 12.5 Å². The van der Waals surface area contributed by atoms with Gasteiger partial charge < -0.3 is 0 Å². The molecule has 0 amide bonds. The lowest BCUT2D eigenvalue weighted by Gasteiger charge is -2.07. The van der Waals surface area contributed by atoms with E-state index in [1.807, 2.05) is 49.4 Å². The Kier molecular flexibility index (Phi) is 3.50. The maximum absolute atomic E-state index is 13.4. The van der Waals surface area contributed by atoms with E-state index in [0.29, 0.717) is 16.7 Å². The number of benzene rings is 3. The second-order valence-corrected chi connectivity index (χ2v) is 7.67. The van der Waals surface area contributed by atoms with Crippen LogP contribution in [0.4, 0.5) is 0 Å². The van der Waals surface area contributed by atoms with Crippen molar-refractivity contribution in [3.8, 4) is 0 Å². The molecule has 0 radical (unpaired) electrons. The largest absolute Gasteiger partial charge is 0.294 e. The number of carbonyl (C=O) groups excluding carboxylic acids is 3. The van der Waals surface area contributed by atoms with Gasteiger partial charge in [-0.25, -0.2) is 0 Å². The van der Waals surface area contributed by atoms with Gasteiger partial charge in [-0.3, -0.25) is 14.4 Å². The molecule has 0 aromatic heterocycles. The third kappa shape index (κ3) is 2.07. The van der Waals surface area contributed by atoms with E-state index < -0.39 is 17.3 Å². The van der Waals surface area contributed by atoms with Crippen molar-refractivity contribution in [2.45, 2.75) is 12.8 Å². The minimum absolute atomic E-state index is 0.136. The smallest absolute Gasteiger partial charge is 0.178 e. The van der Waals surface area contributed by atoms with Crippen LogP contribution in [0.2, 0.25) is 0 Å². The average Bonchev–Trinajstić information content (AvgIpc) is 3.39. The second-order valence-electron chi connectivity index (χ2n) is 7.67. The molecular formula is C25H18O3. The fraction of sp³-hybridized carbons (Fsp3) is 0.160. The third-order valence-corrected chi connectivity index (χ3v) is 6.15. The summed E-state index contributed by atoms with van der Waals surface area (Å²) in [6.07, 6.45) is 0. The van der Waals surface area contributed by atoms with Crippen LogP contribution in [-0.2, 0) is 0 Å². The standard InChI is InChI=1S/C25H18O3/c1-15-11-13-17(14-12-15)22(26)21-20(16-7-3-2-4-8-16)25(21)23(27)18-9-5-6-10-19(18)24(25)28/h2-14,20-21H,1H3/t20-,21-/m1/s1. The molecule has 3 aromatic rings. The summed E-state index contributed by atoms with van der Waals surface area (Å²) in [4.78, 5) is 40.2. The second kappa shape index (κ2) is 5.83. The molecule has 0 N–H and O–H groups in total. The van der Waals surface area contributed by atoms with Crippen LogP contribution in [0, 0.1) is 18.3 Å². The summed E-state index contributed by atoms with van der Waals surface area (Å²) in [5.41, 5.74) is 2.04. The number of ketones is 3. The number of rotatable bonds is 3. The lowest BCUT2D eigenvalue weighted by atomic mass is 9.91. The third-order valence-electron chi connectivity index (χ3n) is 6.15. The Hall–Kier alpha value is -3.33. The number of carbonyl (C=O) groups is 3. The molecule has 2 aliphatic rings. The van der Waals surface area contributed by atoms with Crippen LogP contribution in [0.25, 0.3) is 0 Å². The number of hydrogen-bond acceptors (Lipinski definition) is 3. The highest BCUT2D eigenvalue weighted by atomic mass is 16.2. The van der Waals surface area contributed by atoms with E-state index in [0.717, 1.165) is 11.1 Å². The summed E-state index contributed by atoms with van der Waals surface area (Å²) in [5, 5.41) is 0. The Bertz CT molecular complexity index is 1090. The van der Waals surface area contributed by atoms with Crippen LogP contribution in [0.15, 0.2) is 78.9 Å². The first kappa shape index (κ1) is 16.8. The predicted molar refractivity (Wildman–Crippen MR) is 106 cm³/mol. The van der Waals surface area contributed by atoms with Crippen molar-refractivity contribution in [1.82, 2.24) is 0 Å². The normalized spacial score (nSPS) is 21.6. The Morgan fingerprint density at radius 2 is 1.29 bits per heavy atom. The van der Waals surface area contributed by atoms with Crippen LogP contribution in [-0.4, -0.2) is 17.3 Å². The van der Waals surface area contributed by atoms with E-state index in [1.54, 1.807) is 36.4 Å².